The Hall–Kier alpha value is -2.99. The van der Waals surface area contributed by atoms with Gasteiger partial charge in [-0.25, -0.2) is 4.79 Å². The van der Waals surface area contributed by atoms with Gasteiger partial charge in [-0.3, -0.25) is 4.68 Å². The Kier molecular flexibility index (Phi) is 5.98. The van der Waals surface area contributed by atoms with E-state index < -0.39 is 5.97 Å². The number of ether oxygens (including phenoxy) is 3. The minimum Gasteiger partial charge on any atom is -0.493 e. The minimum absolute atomic E-state index is 0.108. The van der Waals surface area contributed by atoms with Crippen LogP contribution in [0.25, 0.3) is 0 Å². The van der Waals surface area contributed by atoms with Gasteiger partial charge in [0.1, 0.15) is 13.2 Å². The number of nitrogens with zero attached hydrogens (tertiary/aromatic N) is 2. The number of halogens is 1. The van der Waals surface area contributed by atoms with Gasteiger partial charge in [0.2, 0.25) is 0 Å². The predicted molar refractivity (Wildman–Crippen MR) is 101 cm³/mol. The Balaban J connectivity index is 1.64. The third-order valence-electron chi connectivity index (χ3n) is 3.83. The van der Waals surface area contributed by atoms with Gasteiger partial charge in [0, 0.05) is 18.3 Å². The molecule has 2 aromatic carbocycles. The van der Waals surface area contributed by atoms with E-state index in [1.54, 1.807) is 54.3 Å². The number of methoxy groups -OCH3 is 1. The monoisotopic (exact) mass is 386 g/mol. The number of esters is 1. The van der Waals surface area contributed by atoms with E-state index in [9.17, 15) is 4.79 Å². The Morgan fingerprint density at radius 2 is 1.85 bits per heavy atom. The molecule has 27 heavy (non-hydrogen) atoms. The molecule has 0 fully saturated rings. The predicted octanol–water partition coefficient (Wildman–Crippen LogP) is 4.02. The smallest absolute Gasteiger partial charge is 0.338 e. The van der Waals surface area contributed by atoms with Crippen LogP contribution in [0.1, 0.15) is 21.6 Å². The zero-order valence-electron chi connectivity index (χ0n) is 15.0. The minimum atomic E-state index is -0.455. The molecular weight excluding hydrogens is 368 g/mol. The van der Waals surface area contributed by atoms with E-state index in [1.165, 1.54) is 7.11 Å². The fourth-order valence-electron chi connectivity index (χ4n) is 2.42. The fourth-order valence-corrected chi connectivity index (χ4v) is 2.54. The lowest BCUT2D eigenvalue weighted by molar-refractivity contribution is 0.0466. The van der Waals surface area contributed by atoms with E-state index >= 15 is 0 Å². The molecule has 0 aliphatic heterocycles. The number of aryl methyl sites for hydroxylation is 1. The Morgan fingerprint density at radius 3 is 2.52 bits per heavy atom. The SMILES string of the molecule is COc1cc(C(=O)OCc2ccn(C)n2)ccc1OCc1ccc(Cl)cc1. The number of carbonyl (C=O) groups is 1. The van der Waals surface area contributed by atoms with E-state index in [1.807, 2.05) is 12.1 Å². The van der Waals surface area contributed by atoms with Crippen LogP contribution in [0, 0.1) is 0 Å². The lowest BCUT2D eigenvalue weighted by Gasteiger charge is -2.12. The second-order valence-corrected chi connectivity index (χ2v) is 6.27. The van der Waals surface area contributed by atoms with Gasteiger partial charge < -0.3 is 14.2 Å². The van der Waals surface area contributed by atoms with Crippen LogP contribution < -0.4 is 9.47 Å². The van der Waals surface area contributed by atoms with Crippen molar-refractivity contribution in [2.75, 3.05) is 7.11 Å². The van der Waals surface area contributed by atoms with Crippen molar-refractivity contribution in [3.63, 3.8) is 0 Å². The zero-order chi connectivity index (χ0) is 19.2. The quantitative estimate of drug-likeness (QED) is 0.574. The third-order valence-corrected chi connectivity index (χ3v) is 4.08. The first-order valence-corrected chi connectivity index (χ1v) is 8.64. The van der Waals surface area contributed by atoms with Crippen LogP contribution in [-0.4, -0.2) is 22.9 Å². The van der Waals surface area contributed by atoms with Gasteiger partial charge in [0.15, 0.2) is 11.5 Å². The maximum atomic E-state index is 12.2. The summed E-state index contributed by atoms with van der Waals surface area (Å²) in [6.45, 7) is 0.466. The second-order valence-electron chi connectivity index (χ2n) is 5.84. The molecule has 0 saturated carbocycles. The summed E-state index contributed by atoms with van der Waals surface area (Å²) in [6.07, 6.45) is 1.79. The molecule has 7 heteroatoms. The number of hydrogen-bond donors (Lipinski definition) is 0. The highest BCUT2D eigenvalue weighted by atomic mass is 35.5. The number of aromatic nitrogens is 2. The van der Waals surface area contributed by atoms with Gasteiger partial charge in [0.05, 0.1) is 18.4 Å². The molecule has 140 valence electrons. The van der Waals surface area contributed by atoms with E-state index in [-0.39, 0.29) is 6.61 Å². The molecular formula is C20H19ClN2O4. The van der Waals surface area contributed by atoms with Crippen LogP contribution in [0.5, 0.6) is 11.5 Å². The molecule has 1 heterocycles. The maximum Gasteiger partial charge on any atom is 0.338 e. The highest BCUT2D eigenvalue weighted by Gasteiger charge is 2.13. The van der Waals surface area contributed by atoms with Gasteiger partial charge in [-0.05, 0) is 42.0 Å². The molecule has 0 unspecified atom stereocenters. The highest BCUT2D eigenvalue weighted by Crippen LogP contribution is 2.29. The van der Waals surface area contributed by atoms with Gasteiger partial charge in [-0.1, -0.05) is 23.7 Å². The van der Waals surface area contributed by atoms with E-state index in [0.29, 0.717) is 34.4 Å². The number of hydrogen-bond acceptors (Lipinski definition) is 5. The molecule has 0 N–H and O–H groups in total. The van der Waals surface area contributed by atoms with Crippen molar-refractivity contribution in [1.29, 1.82) is 0 Å². The molecule has 1 aromatic heterocycles. The second kappa shape index (κ2) is 8.60. The molecule has 0 spiro atoms. The Labute approximate surface area is 162 Å². The summed E-state index contributed by atoms with van der Waals surface area (Å²) in [6, 6.07) is 14.1. The number of benzene rings is 2. The average molecular weight is 387 g/mol. The van der Waals surface area contributed by atoms with E-state index in [4.69, 9.17) is 25.8 Å². The van der Waals surface area contributed by atoms with Gasteiger partial charge >= 0.3 is 5.97 Å². The van der Waals surface area contributed by atoms with Crippen molar-refractivity contribution < 1.29 is 19.0 Å². The number of carbonyl (C=O) groups excluding carboxylic acids is 1. The van der Waals surface area contributed by atoms with Crippen LogP contribution in [0.15, 0.2) is 54.7 Å². The molecule has 0 aliphatic rings. The van der Waals surface area contributed by atoms with Crippen LogP contribution in [0.4, 0.5) is 0 Å². The summed E-state index contributed by atoms with van der Waals surface area (Å²) < 4.78 is 18.1. The van der Waals surface area contributed by atoms with Crippen LogP contribution in [-0.2, 0) is 25.0 Å². The van der Waals surface area contributed by atoms with Crippen molar-refractivity contribution in [2.24, 2.45) is 7.05 Å². The first kappa shape index (κ1) is 18.8. The molecule has 3 aromatic rings. The molecule has 3 rings (SSSR count). The molecule has 0 radical (unpaired) electrons. The van der Waals surface area contributed by atoms with Crippen molar-refractivity contribution in [2.45, 2.75) is 13.2 Å². The molecule has 0 saturated heterocycles. The normalized spacial score (nSPS) is 10.5. The summed E-state index contributed by atoms with van der Waals surface area (Å²) in [5.74, 6) is 0.535. The van der Waals surface area contributed by atoms with Gasteiger partial charge in [-0.15, -0.1) is 0 Å². The van der Waals surface area contributed by atoms with Crippen LogP contribution >= 0.6 is 11.6 Å². The van der Waals surface area contributed by atoms with Gasteiger partial charge in [0.25, 0.3) is 0 Å². The lowest BCUT2D eigenvalue weighted by atomic mass is 10.2. The molecule has 0 bridgehead atoms. The summed E-state index contributed by atoms with van der Waals surface area (Å²) in [7, 11) is 3.33. The molecule has 0 amide bonds. The highest BCUT2D eigenvalue weighted by molar-refractivity contribution is 6.30. The Morgan fingerprint density at radius 1 is 1.07 bits per heavy atom. The maximum absolute atomic E-state index is 12.2. The van der Waals surface area contributed by atoms with Crippen LogP contribution in [0.3, 0.4) is 0 Å². The van der Waals surface area contributed by atoms with Crippen LogP contribution in [0.2, 0.25) is 5.02 Å². The standard InChI is InChI=1S/C20H19ClN2O4/c1-23-10-9-17(22-23)13-27-20(24)15-5-8-18(19(11-15)25-2)26-12-14-3-6-16(21)7-4-14/h3-11H,12-13H2,1-2H3. The Bertz CT molecular complexity index is 922. The fraction of sp³-hybridized carbons (Fsp3) is 0.200. The number of rotatable bonds is 7. The summed E-state index contributed by atoms with van der Waals surface area (Å²) >= 11 is 5.88. The van der Waals surface area contributed by atoms with Crippen molar-refractivity contribution in [1.82, 2.24) is 9.78 Å². The van der Waals surface area contributed by atoms with E-state index in [0.717, 1.165) is 5.56 Å². The third kappa shape index (κ3) is 5.01. The largest absolute Gasteiger partial charge is 0.493 e. The molecule has 6 nitrogen and oxygen atoms in total. The molecule has 0 aliphatic carbocycles. The summed E-state index contributed by atoms with van der Waals surface area (Å²) in [4.78, 5) is 12.2. The van der Waals surface area contributed by atoms with Crippen molar-refractivity contribution in [3.8, 4) is 11.5 Å². The first-order chi connectivity index (χ1) is 13.0. The van der Waals surface area contributed by atoms with E-state index in [2.05, 4.69) is 5.10 Å². The summed E-state index contributed by atoms with van der Waals surface area (Å²) in [5, 5.41) is 4.84. The molecule has 0 atom stereocenters. The average Bonchev–Trinajstić information content (AvgIpc) is 3.10. The summed E-state index contributed by atoms with van der Waals surface area (Å²) in [5.41, 5.74) is 2.03. The van der Waals surface area contributed by atoms with Crippen molar-refractivity contribution >= 4 is 17.6 Å². The first-order valence-electron chi connectivity index (χ1n) is 8.26. The topological polar surface area (TPSA) is 62.6 Å². The zero-order valence-corrected chi connectivity index (χ0v) is 15.8. The van der Waals surface area contributed by atoms with Crippen molar-refractivity contribution in [3.05, 3.63) is 76.6 Å². The van der Waals surface area contributed by atoms with Gasteiger partial charge in [-0.2, -0.15) is 5.10 Å². The lowest BCUT2D eigenvalue weighted by Crippen LogP contribution is -2.07.